The van der Waals surface area contributed by atoms with Gasteiger partial charge in [-0.05, 0) is 19.1 Å². The number of ether oxygens (including phenoxy) is 1. The summed E-state index contributed by atoms with van der Waals surface area (Å²) in [5.74, 6) is -0.453. The topological polar surface area (TPSA) is 46.5 Å². The number of aliphatic hydroxyl groups is 1. The first-order valence-electron chi connectivity index (χ1n) is 5.57. The van der Waals surface area contributed by atoms with Crippen molar-refractivity contribution in [3.05, 3.63) is 35.9 Å². The molecule has 17 heavy (non-hydrogen) atoms. The molecule has 0 aliphatic rings. The highest BCUT2D eigenvalue weighted by Gasteiger charge is 2.22. The predicted octanol–water partition coefficient (Wildman–Crippen LogP) is 2.34. The van der Waals surface area contributed by atoms with Gasteiger partial charge in [-0.25, -0.2) is 9.18 Å². The van der Waals surface area contributed by atoms with Gasteiger partial charge >= 0.3 is 5.97 Å². The highest BCUT2D eigenvalue weighted by atomic mass is 19.1. The Kier molecular flexibility index (Phi) is 5.10. The molecule has 1 N–H and O–H groups in total. The SMILES string of the molecule is CC(F)(CCO)CCOC(=O)c1ccccc1. The maximum absolute atomic E-state index is 13.6. The summed E-state index contributed by atoms with van der Waals surface area (Å²) in [6.45, 7) is 1.19. The van der Waals surface area contributed by atoms with Crippen LogP contribution in [0.25, 0.3) is 0 Å². The minimum absolute atomic E-state index is 0.0146. The Morgan fingerprint density at radius 2 is 2.00 bits per heavy atom. The Bertz CT molecular complexity index is 349. The fourth-order valence-electron chi connectivity index (χ4n) is 1.37. The third kappa shape index (κ3) is 4.95. The van der Waals surface area contributed by atoms with Gasteiger partial charge in [0.2, 0.25) is 0 Å². The average molecular weight is 240 g/mol. The molecule has 1 rings (SSSR count). The molecular weight excluding hydrogens is 223 g/mol. The summed E-state index contributed by atoms with van der Waals surface area (Å²) in [6.07, 6.45) is 0.141. The van der Waals surface area contributed by atoms with E-state index in [-0.39, 0.29) is 26.1 Å². The van der Waals surface area contributed by atoms with Crippen LogP contribution in [-0.2, 0) is 4.74 Å². The van der Waals surface area contributed by atoms with Crippen molar-refractivity contribution >= 4 is 5.97 Å². The summed E-state index contributed by atoms with van der Waals surface area (Å²) in [4.78, 5) is 11.5. The summed E-state index contributed by atoms with van der Waals surface area (Å²) in [5, 5.41) is 8.64. The molecule has 0 fully saturated rings. The molecule has 0 heterocycles. The summed E-state index contributed by atoms with van der Waals surface area (Å²) in [7, 11) is 0. The fourth-order valence-corrected chi connectivity index (χ4v) is 1.37. The van der Waals surface area contributed by atoms with Gasteiger partial charge in [0.15, 0.2) is 0 Å². The number of rotatable bonds is 6. The van der Waals surface area contributed by atoms with Crippen LogP contribution in [0.4, 0.5) is 4.39 Å². The van der Waals surface area contributed by atoms with Crippen molar-refractivity contribution in [2.45, 2.75) is 25.4 Å². The monoisotopic (exact) mass is 240 g/mol. The molecule has 3 nitrogen and oxygen atoms in total. The first kappa shape index (κ1) is 13.6. The fraction of sp³-hybridized carbons (Fsp3) is 0.462. The normalized spacial score (nSPS) is 14.1. The highest BCUT2D eigenvalue weighted by molar-refractivity contribution is 5.89. The molecule has 1 atom stereocenters. The van der Waals surface area contributed by atoms with E-state index in [9.17, 15) is 9.18 Å². The number of aliphatic hydroxyl groups excluding tert-OH is 1. The Balaban J connectivity index is 2.35. The molecule has 0 saturated heterocycles. The largest absolute Gasteiger partial charge is 0.462 e. The molecule has 1 unspecified atom stereocenters. The quantitative estimate of drug-likeness (QED) is 0.776. The van der Waals surface area contributed by atoms with Gasteiger partial charge in [0.25, 0.3) is 0 Å². The van der Waals surface area contributed by atoms with Crippen LogP contribution in [0.3, 0.4) is 0 Å². The van der Waals surface area contributed by atoms with Crippen LogP contribution >= 0.6 is 0 Å². The van der Waals surface area contributed by atoms with E-state index < -0.39 is 11.6 Å². The second-order valence-corrected chi connectivity index (χ2v) is 4.14. The maximum Gasteiger partial charge on any atom is 0.338 e. The summed E-state index contributed by atoms with van der Waals surface area (Å²) in [6, 6.07) is 8.56. The predicted molar refractivity (Wildman–Crippen MR) is 62.6 cm³/mol. The number of hydrogen-bond acceptors (Lipinski definition) is 3. The number of alkyl halides is 1. The van der Waals surface area contributed by atoms with Crippen LogP contribution < -0.4 is 0 Å². The van der Waals surface area contributed by atoms with E-state index in [4.69, 9.17) is 9.84 Å². The van der Waals surface area contributed by atoms with E-state index in [2.05, 4.69) is 0 Å². The van der Waals surface area contributed by atoms with E-state index in [0.717, 1.165) is 0 Å². The molecule has 1 aromatic rings. The van der Waals surface area contributed by atoms with Crippen LogP contribution in [0.5, 0.6) is 0 Å². The van der Waals surface area contributed by atoms with Crippen LogP contribution in [-0.4, -0.2) is 30.0 Å². The van der Waals surface area contributed by atoms with E-state index in [1.807, 2.05) is 0 Å². The summed E-state index contributed by atoms with van der Waals surface area (Å²) in [5.41, 5.74) is -1.04. The Hall–Kier alpha value is -1.42. The van der Waals surface area contributed by atoms with Crippen LogP contribution in [0.2, 0.25) is 0 Å². The minimum Gasteiger partial charge on any atom is -0.462 e. The van der Waals surface area contributed by atoms with Gasteiger partial charge in [0.05, 0.1) is 12.2 Å². The van der Waals surface area contributed by atoms with Crippen molar-refractivity contribution in [3.63, 3.8) is 0 Å². The number of carbonyl (C=O) groups excluding carboxylic acids is 1. The number of carbonyl (C=O) groups is 1. The lowest BCUT2D eigenvalue weighted by Gasteiger charge is -2.18. The first-order chi connectivity index (χ1) is 8.05. The smallest absolute Gasteiger partial charge is 0.338 e. The molecule has 94 valence electrons. The molecular formula is C13H17FO3. The van der Waals surface area contributed by atoms with Crippen LogP contribution in [0.1, 0.15) is 30.1 Å². The van der Waals surface area contributed by atoms with Crippen molar-refractivity contribution in [2.75, 3.05) is 13.2 Å². The number of benzene rings is 1. The first-order valence-corrected chi connectivity index (χ1v) is 5.57. The van der Waals surface area contributed by atoms with E-state index >= 15 is 0 Å². The average Bonchev–Trinajstić information content (AvgIpc) is 2.29. The lowest BCUT2D eigenvalue weighted by molar-refractivity contribution is 0.0383. The zero-order valence-electron chi connectivity index (χ0n) is 9.86. The van der Waals surface area contributed by atoms with E-state index in [1.165, 1.54) is 6.92 Å². The van der Waals surface area contributed by atoms with Gasteiger partial charge in [-0.2, -0.15) is 0 Å². The van der Waals surface area contributed by atoms with Gasteiger partial charge in [0, 0.05) is 19.4 Å². The summed E-state index contributed by atoms with van der Waals surface area (Å²) >= 11 is 0. The highest BCUT2D eigenvalue weighted by Crippen LogP contribution is 2.19. The molecule has 0 aliphatic carbocycles. The van der Waals surface area contributed by atoms with E-state index in [1.54, 1.807) is 30.3 Å². The molecule has 0 radical (unpaired) electrons. The molecule has 0 aromatic heterocycles. The third-order valence-electron chi connectivity index (χ3n) is 2.50. The van der Waals surface area contributed by atoms with Crippen molar-refractivity contribution < 1.29 is 19.0 Å². The molecule has 0 bridgehead atoms. The lowest BCUT2D eigenvalue weighted by atomic mass is 10.0. The Morgan fingerprint density at radius 3 is 2.59 bits per heavy atom. The molecule has 0 spiro atoms. The van der Waals surface area contributed by atoms with Crippen molar-refractivity contribution in [3.8, 4) is 0 Å². The third-order valence-corrected chi connectivity index (χ3v) is 2.50. The van der Waals surface area contributed by atoms with Gasteiger partial charge in [-0.1, -0.05) is 18.2 Å². The molecule has 1 aromatic carbocycles. The van der Waals surface area contributed by atoms with Gasteiger partial charge in [-0.3, -0.25) is 0 Å². The van der Waals surface area contributed by atoms with E-state index in [0.29, 0.717) is 5.56 Å². The van der Waals surface area contributed by atoms with Crippen molar-refractivity contribution in [2.24, 2.45) is 0 Å². The van der Waals surface area contributed by atoms with Gasteiger partial charge in [0.1, 0.15) is 5.67 Å². The zero-order chi connectivity index (χ0) is 12.7. The second-order valence-electron chi connectivity index (χ2n) is 4.14. The van der Waals surface area contributed by atoms with Crippen molar-refractivity contribution in [1.29, 1.82) is 0 Å². The molecule has 0 amide bonds. The maximum atomic E-state index is 13.6. The zero-order valence-corrected chi connectivity index (χ0v) is 9.86. The lowest BCUT2D eigenvalue weighted by Crippen LogP contribution is -2.23. The minimum atomic E-state index is -1.49. The Labute approximate surface area is 100 Å². The van der Waals surface area contributed by atoms with Crippen LogP contribution in [0, 0.1) is 0 Å². The van der Waals surface area contributed by atoms with Gasteiger partial charge in [-0.15, -0.1) is 0 Å². The number of hydrogen-bond donors (Lipinski definition) is 1. The summed E-state index contributed by atoms with van der Waals surface area (Å²) < 4.78 is 18.5. The molecule has 0 aliphatic heterocycles. The standard InChI is InChI=1S/C13H17FO3/c1-13(14,7-9-15)8-10-17-12(16)11-5-3-2-4-6-11/h2-6,15H,7-10H2,1H3. The number of esters is 1. The molecule has 0 saturated carbocycles. The molecule has 4 heteroatoms. The van der Waals surface area contributed by atoms with Crippen molar-refractivity contribution in [1.82, 2.24) is 0 Å². The van der Waals surface area contributed by atoms with Crippen LogP contribution in [0.15, 0.2) is 30.3 Å². The Morgan fingerprint density at radius 1 is 1.35 bits per heavy atom. The van der Waals surface area contributed by atoms with Gasteiger partial charge < -0.3 is 9.84 Å². The second kappa shape index (κ2) is 6.35. The number of halogens is 1.